The van der Waals surface area contributed by atoms with Crippen molar-refractivity contribution >= 4 is 17.6 Å². The van der Waals surface area contributed by atoms with E-state index in [-0.39, 0.29) is 12.4 Å². The van der Waals surface area contributed by atoms with Crippen molar-refractivity contribution in [2.45, 2.75) is 18.8 Å². The standard InChI is InChI=1S/C12H18N2O3S/c1-8-4-9(12(13)14-17)2-3-10(8)6-18-7-11(16)5-15/h2-4,11,15-17H,5-7H2,1H3,(H2,13,14). The first-order valence-corrected chi connectivity index (χ1v) is 6.68. The van der Waals surface area contributed by atoms with Crippen molar-refractivity contribution in [3.05, 3.63) is 34.9 Å². The first kappa shape index (κ1) is 14.8. The summed E-state index contributed by atoms with van der Waals surface area (Å²) in [6, 6.07) is 5.56. The SMILES string of the molecule is Cc1cc(/C(N)=N/O)ccc1CSCC(O)CO. The fraction of sp³-hybridized carbons (Fsp3) is 0.417. The van der Waals surface area contributed by atoms with Crippen molar-refractivity contribution in [2.24, 2.45) is 10.9 Å². The predicted molar refractivity (Wildman–Crippen MR) is 72.9 cm³/mol. The Balaban J connectivity index is 2.63. The number of thioether (sulfide) groups is 1. The topological polar surface area (TPSA) is 99.1 Å². The van der Waals surface area contributed by atoms with Crippen molar-refractivity contribution in [3.63, 3.8) is 0 Å². The number of nitrogens with zero attached hydrogens (tertiary/aromatic N) is 1. The number of nitrogens with two attached hydrogens (primary N) is 1. The number of benzene rings is 1. The van der Waals surface area contributed by atoms with Crippen LogP contribution in [0.4, 0.5) is 0 Å². The maximum absolute atomic E-state index is 9.22. The average molecular weight is 270 g/mol. The van der Waals surface area contributed by atoms with Gasteiger partial charge >= 0.3 is 0 Å². The zero-order valence-electron chi connectivity index (χ0n) is 10.2. The molecule has 0 fully saturated rings. The van der Waals surface area contributed by atoms with Gasteiger partial charge in [-0.15, -0.1) is 0 Å². The van der Waals surface area contributed by atoms with E-state index in [1.54, 1.807) is 17.8 Å². The highest BCUT2D eigenvalue weighted by atomic mass is 32.2. The summed E-state index contributed by atoms with van der Waals surface area (Å²) in [4.78, 5) is 0. The van der Waals surface area contributed by atoms with E-state index in [0.29, 0.717) is 11.3 Å². The highest BCUT2D eigenvalue weighted by Crippen LogP contribution is 2.18. The Morgan fingerprint density at radius 1 is 1.50 bits per heavy atom. The van der Waals surface area contributed by atoms with Crippen LogP contribution in [0, 0.1) is 6.92 Å². The molecule has 5 N–H and O–H groups in total. The molecule has 100 valence electrons. The van der Waals surface area contributed by atoms with Crippen LogP contribution < -0.4 is 5.73 Å². The summed E-state index contributed by atoms with van der Waals surface area (Å²) in [6.45, 7) is 1.74. The van der Waals surface area contributed by atoms with Crippen molar-refractivity contribution in [2.75, 3.05) is 12.4 Å². The number of aliphatic hydroxyl groups is 2. The van der Waals surface area contributed by atoms with Crippen LogP contribution in [-0.2, 0) is 5.75 Å². The fourth-order valence-corrected chi connectivity index (χ4v) is 2.47. The average Bonchev–Trinajstić information content (AvgIpc) is 2.39. The molecule has 1 aromatic carbocycles. The molecule has 0 aliphatic heterocycles. The zero-order valence-corrected chi connectivity index (χ0v) is 11.0. The molecular weight excluding hydrogens is 252 g/mol. The predicted octanol–water partition coefficient (Wildman–Crippen LogP) is 0.676. The largest absolute Gasteiger partial charge is 0.409 e. The van der Waals surface area contributed by atoms with Gasteiger partial charge in [0.25, 0.3) is 0 Å². The Morgan fingerprint density at radius 2 is 2.22 bits per heavy atom. The lowest BCUT2D eigenvalue weighted by molar-refractivity contribution is 0.113. The van der Waals surface area contributed by atoms with Gasteiger partial charge in [0, 0.05) is 17.1 Å². The van der Waals surface area contributed by atoms with Crippen LogP contribution in [0.15, 0.2) is 23.4 Å². The Hall–Kier alpha value is -1.24. The van der Waals surface area contributed by atoms with Gasteiger partial charge in [0.15, 0.2) is 5.84 Å². The molecule has 6 heteroatoms. The van der Waals surface area contributed by atoms with E-state index in [0.717, 1.165) is 16.9 Å². The second-order valence-corrected chi connectivity index (χ2v) is 5.01. The van der Waals surface area contributed by atoms with Crippen LogP contribution in [0.5, 0.6) is 0 Å². The van der Waals surface area contributed by atoms with Crippen LogP contribution in [-0.4, -0.2) is 39.7 Å². The summed E-state index contributed by atoms with van der Waals surface area (Å²) < 4.78 is 0. The maximum atomic E-state index is 9.22. The summed E-state index contributed by atoms with van der Waals surface area (Å²) >= 11 is 1.55. The van der Waals surface area contributed by atoms with E-state index < -0.39 is 6.10 Å². The monoisotopic (exact) mass is 270 g/mol. The van der Waals surface area contributed by atoms with E-state index >= 15 is 0 Å². The van der Waals surface area contributed by atoms with Crippen LogP contribution in [0.2, 0.25) is 0 Å². The smallest absolute Gasteiger partial charge is 0.170 e. The molecule has 0 bridgehead atoms. The summed E-state index contributed by atoms with van der Waals surface area (Å²) in [6.07, 6.45) is -0.674. The van der Waals surface area contributed by atoms with Gasteiger partial charge in [-0.05, 0) is 24.1 Å². The first-order valence-electron chi connectivity index (χ1n) is 5.52. The second-order valence-electron chi connectivity index (χ2n) is 3.98. The van der Waals surface area contributed by atoms with Crippen molar-refractivity contribution in [3.8, 4) is 0 Å². The summed E-state index contributed by atoms with van der Waals surface area (Å²) in [5.41, 5.74) is 8.36. The van der Waals surface area contributed by atoms with Crippen LogP contribution in [0.25, 0.3) is 0 Å². The maximum Gasteiger partial charge on any atom is 0.170 e. The molecule has 0 spiro atoms. The van der Waals surface area contributed by atoms with Gasteiger partial charge in [0.05, 0.1) is 12.7 Å². The summed E-state index contributed by atoms with van der Waals surface area (Å²) in [7, 11) is 0. The summed E-state index contributed by atoms with van der Waals surface area (Å²) in [5.74, 6) is 1.34. The van der Waals surface area contributed by atoms with E-state index in [4.69, 9.17) is 16.0 Å². The highest BCUT2D eigenvalue weighted by molar-refractivity contribution is 7.98. The zero-order chi connectivity index (χ0) is 13.5. The van der Waals surface area contributed by atoms with Crippen molar-refractivity contribution < 1.29 is 15.4 Å². The minimum Gasteiger partial charge on any atom is -0.409 e. The van der Waals surface area contributed by atoms with E-state index in [1.807, 2.05) is 19.1 Å². The van der Waals surface area contributed by atoms with Gasteiger partial charge in [-0.3, -0.25) is 0 Å². The summed E-state index contributed by atoms with van der Waals surface area (Å²) in [5, 5.41) is 29.5. The third kappa shape index (κ3) is 4.21. The van der Waals surface area contributed by atoms with E-state index in [1.165, 1.54) is 0 Å². The Bertz CT molecular complexity index is 424. The lowest BCUT2D eigenvalue weighted by atomic mass is 10.1. The van der Waals surface area contributed by atoms with Crippen LogP contribution in [0.1, 0.15) is 16.7 Å². The molecule has 0 radical (unpaired) electrons. The fourth-order valence-electron chi connectivity index (χ4n) is 1.43. The molecule has 1 unspecified atom stereocenters. The number of hydrogen-bond donors (Lipinski definition) is 4. The van der Waals surface area contributed by atoms with Gasteiger partial charge in [-0.2, -0.15) is 11.8 Å². The molecule has 18 heavy (non-hydrogen) atoms. The molecule has 0 aliphatic rings. The lowest BCUT2D eigenvalue weighted by Crippen LogP contribution is -2.15. The molecule has 0 heterocycles. The quantitative estimate of drug-likeness (QED) is 0.264. The third-order valence-corrected chi connectivity index (χ3v) is 3.66. The normalized spacial score (nSPS) is 13.6. The minimum absolute atomic E-state index is 0.0907. The minimum atomic E-state index is -0.674. The number of hydrogen-bond acceptors (Lipinski definition) is 5. The Labute approximate surface area is 110 Å². The van der Waals surface area contributed by atoms with E-state index in [2.05, 4.69) is 5.16 Å². The first-order chi connectivity index (χ1) is 8.58. The molecule has 1 atom stereocenters. The molecule has 0 amide bonds. The molecule has 1 aromatic rings. The van der Waals surface area contributed by atoms with Gasteiger partial charge in [0.2, 0.25) is 0 Å². The molecule has 0 aromatic heterocycles. The molecule has 0 saturated heterocycles. The number of aryl methyl sites for hydroxylation is 1. The number of amidine groups is 1. The molecule has 1 rings (SSSR count). The third-order valence-electron chi connectivity index (χ3n) is 2.52. The number of rotatable bonds is 6. The second kappa shape index (κ2) is 7.25. The molecular formula is C12H18N2O3S. The van der Waals surface area contributed by atoms with Crippen LogP contribution in [0.3, 0.4) is 0 Å². The van der Waals surface area contributed by atoms with Gasteiger partial charge in [0.1, 0.15) is 0 Å². The molecule has 0 saturated carbocycles. The number of oxime groups is 1. The Morgan fingerprint density at radius 3 is 2.78 bits per heavy atom. The van der Waals surface area contributed by atoms with Gasteiger partial charge in [-0.1, -0.05) is 17.3 Å². The lowest BCUT2D eigenvalue weighted by Gasteiger charge is -2.09. The Kier molecular flexibility index (Phi) is 5.97. The van der Waals surface area contributed by atoms with Crippen molar-refractivity contribution in [1.82, 2.24) is 0 Å². The van der Waals surface area contributed by atoms with Crippen LogP contribution >= 0.6 is 11.8 Å². The number of aliphatic hydroxyl groups excluding tert-OH is 2. The molecule has 0 aliphatic carbocycles. The van der Waals surface area contributed by atoms with Gasteiger partial charge < -0.3 is 21.2 Å². The highest BCUT2D eigenvalue weighted by Gasteiger charge is 2.06. The molecule has 5 nitrogen and oxygen atoms in total. The van der Waals surface area contributed by atoms with Crippen molar-refractivity contribution in [1.29, 1.82) is 0 Å². The van der Waals surface area contributed by atoms with E-state index in [9.17, 15) is 5.11 Å². The van der Waals surface area contributed by atoms with Gasteiger partial charge in [-0.25, -0.2) is 0 Å².